The first kappa shape index (κ1) is 20.9. The summed E-state index contributed by atoms with van der Waals surface area (Å²) in [6.45, 7) is 1.87. The van der Waals surface area contributed by atoms with Crippen molar-refractivity contribution in [2.45, 2.75) is 13.0 Å². The van der Waals surface area contributed by atoms with Gasteiger partial charge in [0.05, 0.1) is 6.04 Å². The lowest BCUT2D eigenvalue weighted by molar-refractivity contribution is -0.120. The lowest BCUT2D eigenvalue weighted by atomic mass is 9.98. The summed E-state index contributed by atoms with van der Waals surface area (Å²) >= 11 is 0. The number of nitrogens with one attached hydrogen (secondary N) is 1. The van der Waals surface area contributed by atoms with E-state index in [4.69, 9.17) is 10.5 Å². The van der Waals surface area contributed by atoms with Crippen LogP contribution in [0.5, 0.6) is 5.75 Å². The van der Waals surface area contributed by atoms with Crippen molar-refractivity contribution in [2.24, 2.45) is 5.73 Å². The monoisotopic (exact) mass is 400 g/mol. The number of hydrogen-bond acceptors (Lipinski definition) is 3. The highest BCUT2D eigenvalue weighted by molar-refractivity contribution is 5.92. The number of carbonyl (C=O) groups excluding carboxylic acids is 2. The molecule has 0 aliphatic carbocycles. The molecule has 0 spiro atoms. The molecular weight excluding hydrogens is 376 g/mol. The first-order valence-electron chi connectivity index (χ1n) is 9.62. The first-order chi connectivity index (χ1) is 14.5. The Balaban J connectivity index is 1.70. The van der Waals surface area contributed by atoms with E-state index in [2.05, 4.69) is 5.32 Å². The standard InChI is InChI=1S/C25H24N2O3/c1-18-7-12-21(13-8-18)25(20-5-3-2-4-6-20)27-24(29)16-11-19-9-14-22(15-10-19)30-17-23(26)28/h2-16,25H,17H2,1H3,(H2,26,28)(H,27,29)/b16-11+. The van der Waals surface area contributed by atoms with E-state index < -0.39 is 5.91 Å². The van der Waals surface area contributed by atoms with E-state index in [0.29, 0.717) is 5.75 Å². The minimum atomic E-state index is -0.530. The number of ether oxygens (including phenoxy) is 1. The molecular formula is C25H24N2O3. The summed E-state index contributed by atoms with van der Waals surface area (Å²) in [6.07, 6.45) is 3.23. The van der Waals surface area contributed by atoms with Crippen LogP contribution in [0.15, 0.2) is 84.9 Å². The Hall–Kier alpha value is -3.86. The zero-order chi connectivity index (χ0) is 21.3. The number of amides is 2. The minimum absolute atomic E-state index is 0.169. The van der Waals surface area contributed by atoms with Crippen LogP contribution in [0.4, 0.5) is 0 Å². The molecule has 0 aliphatic heterocycles. The predicted octanol–water partition coefficient (Wildman–Crippen LogP) is 3.78. The summed E-state index contributed by atoms with van der Waals surface area (Å²) in [7, 11) is 0. The van der Waals surface area contributed by atoms with E-state index in [-0.39, 0.29) is 18.6 Å². The third-order valence-corrected chi connectivity index (χ3v) is 4.52. The number of nitrogens with two attached hydrogens (primary N) is 1. The van der Waals surface area contributed by atoms with E-state index in [1.165, 1.54) is 11.6 Å². The third-order valence-electron chi connectivity index (χ3n) is 4.52. The van der Waals surface area contributed by atoms with Gasteiger partial charge in [0, 0.05) is 6.08 Å². The number of benzene rings is 3. The Kier molecular flexibility index (Phi) is 7.00. The average Bonchev–Trinajstić information content (AvgIpc) is 2.76. The quantitative estimate of drug-likeness (QED) is 0.565. The highest BCUT2D eigenvalue weighted by Gasteiger charge is 2.15. The summed E-state index contributed by atoms with van der Waals surface area (Å²) in [5, 5.41) is 3.08. The molecule has 3 aromatic carbocycles. The molecule has 5 heteroatoms. The summed E-state index contributed by atoms with van der Waals surface area (Å²) < 4.78 is 5.23. The third kappa shape index (κ3) is 6.07. The second kappa shape index (κ2) is 10.1. The van der Waals surface area contributed by atoms with Crippen LogP contribution in [0.25, 0.3) is 6.08 Å². The van der Waals surface area contributed by atoms with E-state index in [1.54, 1.807) is 30.3 Å². The lowest BCUT2D eigenvalue weighted by Crippen LogP contribution is -2.27. The summed E-state index contributed by atoms with van der Waals surface area (Å²) in [5.74, 6) is -0.186. The minimum Gasteiger partial charge on any atom is -0.484 e. The van der Waals surface area contributed by atoms with Gasteiger partial charge in [-0.1, -0.05) is 72.3 Å². The van der Waals surface area contributed by atoms with Crippen LogP contribution in [0, 0.1) is 6.92 Å². The number of carbonyl (C=O) groups is 2. The van der Waals surface area contributed by atoms with Crippen molar-refractivity contribution in [3.8, 4) is 5.75 Å². The summed E-state index contributed by atoms with van der Waals surface area (Å²) in [4.78, 5) is 23.4. The van der Waals surface area contributed by atoms with E-state index in [0.717, 1.165) is 16.7 Å². The molecule has 1 atom stereocenters. The highest BCUT2D eigenvalue weighted by Crippen LogP contribution is 2.22. The zero-order valence-corrected chi connectivity index (χ0v) is 16.7. The maximum atomic E-state index is 12.6. The van der Waals surface area contributed by atoms with Gasteiger partial charge in [0.1, 0.15) is 5.75 Å². The second-order valence-electron chi connectivity index (χ2n) is 6.92. The fourth-order valence-corrected chi connectivity index (χ4v) is 2.96. The average molecular weight is 400 g/mol. The van der Waals surface area contributed by atoms with Gasteiger partial charge in [0.2, 0.25) is 5.91 Å². The van der Waals surface area contributed by atoms with Gasteiger partial charge >= 0.3 is 0 Å². The Bertz CT molecular complexity index is 1010. The molecule has 0 fully saturated rings. The normalized spacial score (nSPS) is 11.8. The molecule has 5 nitrogen and oxygen atoms in total. The van der Waals surface area contributed by atoms with Gasteiger partial charge in [-0.2, -0.15) is 0 Å². The van der Waals surface area contributed by atoms with Crippen molar-refractivity contribution in [1.29, 1.82) is 0 Å². The molecule has 2 amide bonds. The Morgan fingerprint density at radius 1 is 0.933 bits per heavy atom. The molecule has 30 heavy (non-hydrogen) atoms. The van der Waals surface area contributed by atoms with Crippen molar-refractivity contribution in [1.82, 2.24) is 5.32 Å². The molecule has 3 N–H and O–H groups in total. The Morgan fingerprint density at radius 3 is 2.20 bits per heavy atom. The largest absolute Gasteiger partial charge is 0.484 e. The van der Waals surface area contributed by atoms with Crippen LogP contribution in [0.3, 0.4) is 0 Å². The van der Waals surface area contributed by atoms with Gasteiger partial charge in [0.15, 0.2) is 6.61 Å². The predicted molar refractivity (Wildman–Crippen MR) is 118 cm³/mol. The maximum Gasteiger partial charge on any atom is 0.255 e. The molecule has 152 valence electrons. The van der Waals surface area contributed by atoms with Crippen LogP contribution in [-0.2, 0) is 9.59 Å². The topological polar surface area (TPSA) is 81.4 Å². The van der Waals surface area contributed by atoms with Crippen molar-refractivity contribution >= 4 is 17.9 Å². The SMILES string of the molecule is Cc1ccc(C(NC(=O)/C=C/c2ccc(OCC(N)=O)cc2)c2ccccc2)cc1. The van der Waals surface area contributed by atoms with Crippen molar-refractivity contribution in [3.63, 3.8) is 0 Å². The van der Waals surface area contributed by atoms with Gasteiger partial charge in [-0.15, -0.1) is 0 Å². The molecule has 1 unspecified atom stereocenters. The number of hydrogen-bond donors (Lipinski definition) is 2. The van der Waals surface area contributed by atoms with Gasteiger partial charge in [-0.25, -0.2) is 0 Å². The molecule has 0 bridgehead atoms. The lowest BCUT2D eigenvalue weighted by Gasteiger charge is -2.19. The maximum absolute atomic E-state index is 12.6. The van der Waals surface area contributed by atoms with Crippen molar-refractivity contribution in [3.05, 3.63) is 107 Å². The molecule has 0 saturated carbocycles. The first-order valence-corrected chi connectivity index (χ1v) is 9.62. The summed E-state index contributed by atoms with van der Waals surface area (Å²) in [6, 6.07) is 24.8. The smallest absolute Gasteiger partial charge is 0.255 e. The van der Waals surface area contributed by atoms with Crippen molar-refractivity contribution in [2.75, 3.05) is 6.61 Å². The zero-order valence-electron chi connectivity index (χ0n) is 16.7. The fourth-order valence-electron chi connectivity index (χ4n) is 2.96. The molecule has 0 saturated heterocycles. The van der Waals surface area contributed by atoms with Crippen LogP contribution in [0.2, 0.25) is 0 Å². The van der Waals surface area contributed by atoms with Gasteiger partial charge in [-0.05, 0) is 41.8 Å². The van der Waals surface area contributed by atoms with Crippen molar-refractivity contribution < 1.29 is 14.3 Å². The molecule has 3 rings (SSSR count). The number of primary amides is 1. The molecule has 0 aromatic heterocycles. The van der Waals surface area contributed by atoms with Crippen LogP contribution < -0.4 is 15.8 Å². The molecule has 0 aliphatic rings. The van der Waals surface area contributed by atoms with Gasteiger partial charge in [-0.3, -0.25) is 9.59 Å². The fraction of sp³-hybridized carbons (Fsp3) is 0.120. The Morgan fingerprint density at radius 2 is 1.57 bits per heavy atom. The van der Waals surface area contributed by atoms with E-state index in [1.807, 2.05) is 61.5 Å². The van der Waals surface area contributed by atoms with Crippen LogP contribution in [0.1, 0.15) is 28.3 Å². The Labute approximate surface area is 176 Å². The molecule has 0 heterocycles. The molecule has 0 radical (unpaired) electrons. The summed E-state index contributed by atoms with van der Waals surface area (Å²) in [5.41, 5.74) is 9.10. The molecule has 3 aromatic rings. The highest BCUT2D eigenvalue weighted by atomic mass is 16.5. The second-order valence-corrected chi connectivity index (χ2v) is 6.92. The number of rotatable bonds is 8. The number of aryl methyl sites for hydroxylation is 1. The van der Waals surface area contributed by atoms with E-state index >= 15 is 0 Å². The van der Waals surface area contributed by atoms with Gasteiger partial charge < -0.3 is 15.8 Å². The van der Waals surface area contributed by atoms with Gasteiger partial charge in [0.25, 0.3) is 5.91 Å². The van der Waals surface area contributed by atoms with E-state index in [9.17, 15) is 9.59 Å². The van der Waals surface area contributed by atoms with Crippen LogP contribution >= 0.6 is 0 Å². The van der Waals surface area contributed by atoms with Crippen LogP contribution in [-0.4, -0.2) is 18.4 Å².